The summed E-state index contributed by atoms with van der Waals surface area (Å²) in [6, 6.07) is 13.1. The number of methoxy groups -OCH3 is 2. The van der Waals surface area contributed by atoms with Gasteiger partial charge in [0.05, 0.1) is 31.8 Å². The third-order valence-electron chi connectivity index (χ3n) is 3.72. The number of H-pyrrole nitrogens is 1. The highest BCUT2D eigenvalue weighted by atomic mass is 16.5. The van der Waals surface area contributed by atoms with Crippen molar-refractivity contribution >= 4 is 23.0 Å². The highest BCUT2D eigenvalue weighted by molar-refractivity contribution is 5.92. The third-order valence-corrected chi connectivity index (χ3v) is 3.72. The molecule has 3 rings (SSSR count). The van der Waals surface area contributed by atoms with E-state index in [1.54, 1.807) is 32.4 Å². The smallest absolute Gasteiger partial charge is 0.244 e. The summed E-state index contributed by atoms with van der Waals surface area (Å²) in [5.74, 6) is 1.86. The Morgan fingerprint density at radius 1 is 1.20 bits per heavy atom. The molecule has 0 aliphatic rings. The number of rotatable bonds is 6. The Kier molecular flexibility index (Phi) is 4.99. The Balaban J connectivity index is 1.65. The zero-order valence-electron chi connectivity index (χ0n) is 14.1. The van der Waals surface area contributed by atoms with E-state index in [4.69, 9.17) is 9.47 Å². The standard InChI is InChI=1S/C19H19N3O3/c1-24-14-8-9-17(25-2)13(11-14)7-10-19(23)20-12-18-21-15-5-3-4-6-16(15)22-18/h3-11H,12H2,1-2H3,(H,20,23)(H,21,22). The summed E-state index contributed by atoms with van der Waals surface area (Å²) in [5.41, 5.74) is 2.59. The minimum atomic E-state index is -0.217. The van der Waals surface area contributed by atoms with Crippen molar-refractivity contribution < 1.29 is 14.3 Å². The summed E-state index contributed by atoms with van der Waals surface area (Å²) in [6.45, 7) is 0.326. The number of ether oxygens (including phenoxy) is 2. The Morgan fingerprint density at radius 3 is 2.80 bits per heavy atom. The molecule has 128 valence electrons. The van der Waals surface area contributed by atoms with E-state index in [1.807, 2.05) is 30.3 Å². The molecule has 1 amide bonds. The molecule has 0 atom stereocenters. The van der Waals surface area contributed by atoms with Crippen molar-refractivity contribution in [2.45, 2.75) is 6.54 Å². The molecule has 2 N–H and O–H groups in total. The SMILES string of the molecule is COc1ccc(OC)c(C=CC(=O)NCc2nc3ccccc3[nH]2)c1. The molecule has 0 aliphatic carbocycles. The van der Waals surface area contributed by atoms with E-state index in [1.165, 1.54) is 6.08 Å². The summed E-state index contributed by atoms with van der Waals surface area (Å²) in [7, 11) is 3.18. The van der Waals surface area contributed by atoms with Crippen molar-refractivity contribution in [3.63, 3.8) is 0 Å². The lowest BCUT2D eigenvalue weighted by atomic mass is 10.1. The number of para-hydroxylation sites is 2. The molecule has 0 bridgehead atoms. The molecule has 6 nitrogen and oxygen atoms in total. The third kappa shape index (κ3) is 3.98. The number of carbonyl (C=O) groups is 1. The molecular formula is C19H19N3O3. The van der Waals surface area contributed by atoms with Crippen molar-refractivity contribution in [3.05, 3.63) is 59.9 Å². The largest absolute Gasteiger partial charge is 0.497 e. The van der Waals surface area contributed by atoms with Gasteiger partial charge < -0.3 is 19.8 Å². The molecule has 0 saturated carbocycles. The fourth-order valence-corrected chi connectivity index (χ4v) is 2.45. The summed E-state index contributed by atoms with van der Waals surface area (Å²) in [6.07, 6.45) is 3.15. The zero-order valence-corrected chi connectivity index (χ0v) is 14.1. The van der Waals surface area contributed by atoms with Crippen molar-refractivity contribution in [1.29, 1.82) is 0 Å². The second-order valence-electron chi connectivity index (χ2n) is 5.36. The first-order chi connectivity index (χ1) is 12.2. The Bertz CT molecular complexity index is 882. The first-order valence-corrected chi connectivity index (χ1v) is 7.81. The van der Waals surface area contributed by atoms with E-state index in [2.05, 4.69) is 15.3 Å². The van der Waals surface area contributed by atoms with Gasteiger partial charge in [-0.1, -0.05) is 12.1 Å². The number of benzene rings is 2. The van der Waals surface area contributed by atoms with Gasteiger partial charge in [0.25, 0.3) is 0 Å². The second-order valence-corrected chi connectivity index (χ2v) is 5.36. The van der Waals surface area contributed by atoms with Crippen LogP contribution in [0, 0.1) is 0 Å². The van der Waals surface area contributed by atoms with E-state index in [0.29, 0.717) is 23.9 Å². The van der Waals surface area contributed by atoms with Gasteiger partial charge in [0.1, 0.15) is 17.3 Å². The maximum absolute atomic E-state index is 12.0. The van der Waals surface area contributed by atoms with Crippen LogP contribution in [-0.4, -0.2) is 30.1 Å². The number of nitrogens with zero attached hydrogens (tertiary/aromatic N) is 1. The lowest BCUT2D eigenvalue weighted by molar-refractivity contribution is -0.116. The van der Waals surface area contributed by atoms with Crippen LogP contribution in [0.15, 0.2) is 48.5 Å². The summed E-state index contributed by atoms with van der Waals surface area (Å²) in [5, 5.41) is 2.80. The van der Waals surface area contributed by atoms with Gasteiger partial charge in [-0.15, -0.1) is 0 Å². The number of imidazole rings is 1. The van der Waals surface area contributed by atoms with Crippen LogP contribution in [0.3, 0.4) is 0 Å². The Hall–Kier alpha value is -3.28. The van der Waals surface area contributed by atoms with Crippen LogP contribution >= 0.6 is 0 Å². The second kappa shape index (κ2) is 7.53. The molecule has 1 aromatic heterocycles. The van der Waals surface area contributed by atoms with Crippen molar-refractivity contribution in [1.82, 2.24) is 15.3 Å². The molecule has 0 radical (unpaired) electrons. The molecular weight excluding hydrogens is 318 g/mol. The average Bonchev–Trinajstić information content (AvgIpc) is 3.07. The molecule has 6 heteroatoms. The number of carbonyl (C=O) groups excluding carboxylic acids is 1. The van der Waals surface area contributed by atoms with Crippen LogP contribution in [0.1, 0.15) is 11.4 Å². The van der Waals surface area contributed by atoms with Crippen LogP contribution in [0.25, 0.3) is 17.1 Å². The number of fused-ring (bicyclic) bond motifs is 1. The van der Waals surface area contributed by atoms with Gasteiger partial charge in [-0.3, -0.25) is 4.79 Å². The van der Waals surface area contributed by atoms with E-state index in [-0.39, 0.29) is 5.91 Å². The van der Waals surface area contributed by atoms with Crippen molar-refractivity contribution in [3.8, 4) is 11.5 Å². The summed E-state index contributed by atoms with van der Waals surface area (Å²) >= 11 is 0. The van der Waals surface area contributed by atoms with Gasteiger partial charge in [-0.25, -0.2) is 4.98 Å². The van der Waals surface area contributed by atoms with Gasteiger partial charge in [0.15, 0.2) is 0 Å². The molecule has 25 heavy (non-hydrogen) atoms. The zero-order chi connectivity index (χ0) is 17.6. The highest BCUT2D eigenvalue weighted by Gasteiger charge is 2.05. The van der Waals surface area contributed by atoms with E-state index in [9.17, 15) is 4.79 Å². The monoisotopic (exact) mass is 337 g/mol. The van der Waals surface area contributed by atoms with Crippen molar-refractivity contribution in [2.75, 3.05) is 14.2 Å². The molecule has 0 fully saturated rings. The van der Waals surface area contributed by atoms with Crippen LogP contribution in [-0.2, 0) is 11.3 Å². The Morgan fingerprint density at radius 2 is 2.04 bits per heavy atom. The van der Waals surface area contributed by atoms with Crippen LogP contribution in [0.4, 0.5) is 0 Å². The fourth-order valence-electron chi connectivity index (χ4n) is 2.45. The number of aromatic nitrogens is 2. The average molecular weight is 337 g/mol. The van der Waals surface area contributed by atoms with Gasteiger partial charge in [0.2, 0.25) is 5.91 Å². The van der Waals surface area contributed by atoms with Crippen LogP contribution < -0.4 is 14.8 Å². The minimum Gasteiger partial charge on any atom is -0.497 e. The van der Waals surface area contributed by atoms with Gasteiger partial charge in [-0.2, -0.15) is 0 Å². The maximum Gasteiger partial charge on any atom is 0.244 e. The Labute approximate surface area is 145 Å². The molecule has 2 aromatic carbocycles. The number of nitrogens with one attached hydrogen (secondary N) is 2. The summed E-state index contributed by atoms with van der Waals surface area (Å²) in [4.78, 5) is 19.6. The number of aromatic amines is 1. The lowest BCUT2D eigenvalue weighted by Gasteiger charge is -2.07. The van der Waals surface area contributed by atoms with Crippen LogP contribution in [0.5, 0.6) is 11.5 Å². The lowest BCUT2D eigenvalue weighted by Crippen LogP contribution is -2.20. The quantitative estimate of drug-likeness (QED) is 0.678. The van der Waals surface area contributed by atoms with Crippen molar-refractivity contribution in [2.24, 2.45) is 0 Å². The van der Waals surface area contributed by atoms with E-state index in [0.717, 1.165) is 16.6 Å². The van der Waals surface area contributed by atoms with Gasteiger partial charge in [0, 0.05) is 11.6 Å². The van der Waals surface area contributed by atoms with E-state index >= 15 is 0 Å². The summed E-state index contributed by atoms with van der Waals surface area (Å²) < 4.78 is 10.5. The highest BCUT2D eigenvalue weighted by Crippen LogP contribution is 2.25. The molecule has 0 saturated heterocycles. The maximum atomic E-state index is 12.0. The minimum absolute atomic E-state index is 0.217. The molecule has 0 unspecified atom stereocenters. The van der Waals surface area contributed by atoms with Crippen LogP contribution in [0.2, 0.25) is 0 Å². The molecule has 0 spiro atoms. The van der Waals surface area contributed by atoms with E-state index < -0.39 is 0 Å². The predicted octanol–water partition coefficient (Wildman–Crippen LogP) is 2.91. The molecule has 1 heterocycles. The first kappa shape index (κ1) is 16.6. The molecule has 0 aliphatic heterocycles. The predicted molar refractivity (Wildman–Crippen MR) is 96.5 cm³/mol. The van der Waals surface area contributed by atoms with Gasteiger partial charge >= 0.3 is 0 Å². The fraction of sp³-hybridized carbons (Fsp3) is 0.158. The topological polar surface area (TPSA) is 76.2 Å². The normalized spacial score (nSPS) is 11.0. The number of amides is 1. The first-order valence-electron chi connectivity index (χ1n) is 7.81. The molecule has 3 aromatic rings. The number of hydrogen-bond acceptors (Lipinski definition) is 4. The van der Waals surface area contributed by atoms with Gasteiger partial charge in [-0.05, 0) is 36.4 Å². The number of hydrogen-bond donors (Lipinski definition) is 2.